The van der Waals surface area contributed by atoms with Gasteiger partial charge in [0.25, 0.3) is 0 Å². The number of hydrogen-bond donors (Lipinski definition) is 3. The first-order valence-corrected chi connectivity index (χ1v) is 16.8. The number of aromatic nitrogens is 1. The van der Waals surface area contributed by atoms with Gasteiger partial charge in [0.1, 0.15) is 0 Å². The molecule has 1 fully saturated rings. The minimum absolute atomic E-state index is 0.0787. The van der Waals surface area contributed by atoms with Gasteiger partial charge in [0.2, 0.25) is 11.8 Å². The number of allylic oxidation sites excluding steroid dienone is 2. The Morgan fingerprint density at radius 2 is 2.05 bits per heavy atom. The molecular formula is C34H37IN2O6S. The van der Waals surface area contributed by atoms with Crippen LogP contribution in [0.2, 0.25) is 0 Å². The van der Waals surface area contributed by atoms with E-state index in [1.54, 1.807) is 12.3 Å². The fraction of sp³-hybridized carbons (Fsp3) is 0.382. The zero-order chi connectivity index (χ0) is 31.4. The Labute approximate surface area is 275 Å². The maximum atomic E-state index is 13.7. The Hall–Kier alpha value is -3.06. The van der Waals surface area contributed by atoms with Crippen LogP contribution in [0.1, 0.15) is 55.2 Å². The highest BCUT2D eigenvalue weighted by Gasteiger charge is 2.54. The Morgan fingerprint density at radius 3 is 2.70 bits per heavy atom. The van der Waals surface area contributed by atoms with E-state index in [9.17, 15) is 24.9 Å². The van der Waals surface area contributed by atoms with Gasteiger partial charge < -0.3 is 20.1 Å². The molecule has 232 valence electrons. The van der Waals surface area contributed by atoms with Crippen LogP contribution in [0.15, 0.2) is 65.2 Å². The Balaban J connectivity index is 1.44. The summed E-state index contributed by atoms with van der Waals surface area (Å²) in [6.07, 6.45) is 5.51. The molecule has 3 aromatic rings. The average Bonchev–Trinajstić information content (AvgIpc) is 3.63. The number of thiophene rings is 1. The van der Waals surface area contributed by atoms with Gasteiger partial charge in [-0.25, -0.2) is 0 Å². The Morgan fingerprint density at radius 1 is 1.23 bits per heavy atom. The molecule has 1 saturated heterocycles. The lowest BCUT2D eigenvalue weighted by Crippen LogP contribution is -2.39. The predicted octanol–water partition coefficient (Wildman–Crippen LogP) is 6.05. The third kappa shape index (κ3) is 6.63. The predicted molar refractivity (Wildman–Crippen MR) is 179 cm³/mol. The number of halogens is 1. The SMILES string of the molecule is CCCC1=C([C@H](O)CC/C(=C/c2cc(I)c(O)c(OC)c2)c2ccccn2)[C@H](CO)[C@@H]2C(=O)N(Cc3cccs3)C(=O)[C@@H]2C1. The summed E-state index contributed by atoms with van der Waals surface area (Å²) >= 11 is 3.56. The van der Waals surface area contributed by atoms with Crippen LogP contribution in [0.5, 0.6) is 11.5 Å². The fourth-order valence-corrected chi connectivity index (χ4v) is 7.90. The van der Waals surface area contributed by atoms with Crippen LogP contribution in [0.4, 0.5) is 0 Å². The van der Waals surface area contributed by atoms with Crippen molar-refractivity contribution in [3.8, 4) is 11.5 Å². The molecule has 0 saturated carbocycles. The van der Waals surface area contributed by atoms with Gasteiger partial charge in [-0.2, -0.15) is 0 Å². The van der Waals surface area contributed by atoms with E-state index >= 15 is 0 Å². The van der Waals surface area contributed by atoms with Gasteiger partial charge in [0.15, 0.2) is 11.5 Å². The molecule has 2 amide bonds. The van der Waals surface area contributed by atoms with E-state index in [4.69, 9.17) is 4.74 Å². The molecule has 2 aliphatic rings. The second kappa shape index (κ2) is 14.4. The number of pyridine rings is 1. The second-order valence-electron chi connectivity index (χ2n) is 11.3. The molecule has 2 aromatic heterocycles. The number of imide groups is 1. The molecule has 3 N–H and O–H groups in total. The highest BCUT2D eigenvalue weighted by atomic mass is 127. The molecule has 0 spiro atoms. The number of amides is 2. The molecule has 0 radical (unpaired) electrons. The van der Waals surface area contributed by atoms with Gasteiger partial charge in [0.05, 0.1) is 47.5 Å². The molecule has 3 heterocycles. The number of carbonyl (C=O) groups is 2. The number of phenolic OH excluding ortho intramolecular Hbond substituents is 1. The second-order valence-corrected chi connectivity index (χ2v) is 13.5. The van der Waals surface area contributed by atoms with Crippen LogP contribution < -0.4 is 4.74 Å². The summed E-state index contributed by atoms with van der Waals surface area (Å²) < 4.78 is 6.00. The maximum absolute atomic E-state index is 13.7. The summed E-state index contributed by atoms with van der Waals surface area (Å²) in [7, 11) is 1.51. The third-order valence-corrected chi connectivity index (χ3v) is 10.3. The summed E-state index contributed by atoms with van der Waals surface area (Å²) in [6.45, 7) is 1.97. The Kier molecular flexibility index (Phi) is 10.6. The first-order valence-electron chi connectivity index (χ1n) is 14.8. The van der Waals surface area contributed by atoms with E-state index in [2.05, 4.69) is 34.5 Å². The lowest BCUT2D eigenvalue weighted by atomic mass is 9.67. The molecule has 0 bridgehead atoms. The zero-order valence-electron chi connectivity index (χ0n) is 24.8. The van der Waals surface area contributed by atoms with E-state index in [0.29, 0.717) is 40.6 Å². The number of carbonyl (C=O) groups excluding carboxylic acids is 2. The zero-order valence-corrected chi connectivity index (χ0v) is 27.8. The van der Waals surface area contributed by atoms with Crippen molar-refractivity contribution in [2.24, 2.45) is 17.8 Å². The van der Waals surface area contributed by atoms with Crippen molar-refractivity contribution in [2.45, 2.75) is 51.7 Å². The van der Waals surface area contributed by atoms with Crippen molar-refractivity contribution >= 4 is 57.4 Å². The minimum atomic E-state index is -0.912. The van der Waals surface area contributed by atoms with Crippen LogP contribution in [-0.2, 0) is 16.1 Å². The van der Waals surface area contributed by atoms with Gasteiger partial charge >= 0.3 is 0 Å². The number of ether oxygens (including phenoxy) is 1. The molecule has 1 aromatic carbocycles. The quantitative estimate of drug-likeness (QED) is 0.118. The summed E-state index contributed by atoms with van der Waals surface area (Å²) in [5.74, 6) is -1.84. The standard InChI is InChI=1S/C34H37IN2O6S/c1-3-7-22-17-24-31(34(42)37(33(24)41)18-23-8-6-13-44-23)25(19-38)30(22)28(39)11-10-21(27-9-4-5-12-36-27)14-20-15-26(35)32(40)29(16-20)43-2/h4-6,8-9,12-16,24-25,28,31,38-40H,3,7,10-11,17-19H2,1-2H3/b21-14-/t24-,25+,28-,31-/m1/s1. The van der Waals surface area contributed by atoms with E-state index < -0.39 is 23.9 Å². The van der Waals surface area contributed by atoms with Crippen LogP contribution in [-0.4, -0.2) is 56.8 Å². The molecule has 1 aliphatic carbocycles. The normalized spacial score (nSPS) is 21.2. The highest BCUT2D eigenvalue weighted by Crippen LogP contribution is 2.48. The molecule has 5 rings (SSSR count). The third-order valence-electron chi connectivity index (χ3n) is 8.57. The average molecular weight is 729 g/mol. The molecule has 4 atom stereocenters. The number of aliphatic hydroxyl groups excluding tert-OH is 2. The van der Waals surface area contributed by atoms with Crippen molar-refractivity contribution in [2.75, 3.05) is 13.7 Å². The summed E-state index contributed by atoms with van der Waals surface area (Å²) in [5.41, 5.74) is 4.14. The van der Waals surface area contributed by atoms with E-state index in [1.165, 1.54) is 23.3 Å². The van der Waals surface area contributed by atoms with E-state index in [-0.39, 0.29) is 30.7 Å². The van der Waals surface area contributed by atoms with Crippen molar-refractivity contribution in [1.82, 2.24) is 9.88 Å². The molecule has 44 heavy (non-hydrogen) atoms. The number of fused-ring (bicyclic) bond motifs is 1. The van der Waals surface area contributed by atoms with Crippen LogP contribution in [0, 0.1) is 21.3 Å². The first-order chi connectivity index (χ1) is 21.3. The lowest BCUT2D eigenvalue weighted by molar-refractivity contribution is -0.140. The van der Waals surface area contributed by atoms with Gasteiger partial charge in [-0.1, -0.05) is 31.1 Å². The highest BCUT2D eigenvalue weighted by molar-refractivity contribution is 14.1. The number of nitrogens with zero attached hydrogens (tertiary/aromatic N) is 2. The van der Waals surface area contributed by atoms with Gasteiger partial charge in [0, 0.05) is 17.0 Å². The molecule has 1 aliphatic heterocycles. The van der Waals surface area contributed by atoms with Crippen molar-refractivity contribution in [3.63, 3.8) is 0 Å². The van der Waals surface area contributed by atoms with Crippen molar-refractivity contribution in [3.05, 3.63) is 84.9 Å². The van der Waals surface area contributed by atoms with Gasteiger partial charge in [-0.3, -0.25) is 19.5 Å². The number of aromatic hydroxyl groups is 1. The summed E-state index contributed by atoms with van der Waals surface area (Å²) in [4.78, 5) is 34.0. The smallest absolute Gasteiger partial charge is 0.234 e. The molecule has 0 unspecified atom stereocenters. The van der Waals surface area contributed by atoms with Gasteiger partial charge in [-0.05, 0) is 107 Å². The largest absolute Gasteiger partial charge is 0.504 e. The van der Waals surface area contributed by atoms with Gasteiger partial charge in [-0.15, -0.1) is 11.3 Å². The number of aliphatic hydroxyl groups is 2. The number of phenols is 1. The Bertz CT molecular complexity index is 1560. The number of methoxy groups -OCH3 is 1. The number of benzene rings is 1. The monoisotopic (exact) mass is 728 g/mol. The van der Waals surface area contributed by atoms with Crippen molar-refractivity contribution < 1.29 is 29.6 Å². The van der Waals surface area contributed by atoms with Crippen LogP contribution >= 0.6 is 33.9 Å². The number of hydrogen-bond acceptors (Lipinski definition) is 8. The molecule has 10 heteroatoms. The number of likely N-dealkylation sites (tertiary alicyclic amines) is 1. The summed E-state index contributed by atoms with van der Waals surface area (Å²) in [6, 6.07) is 13.1. The van der Waals surface area contributed by atoms with Crippen LogP contribution in [0.3, 0.4) is 0 Å². The molecule has 8 nitrogen and oxygen atoms in total. The lowest BCUT2D eigenvalue weighted by Gasteiger charge is -2.36. The molecular weight excluding hydrogens is 691 g/mol. The summed E-state index contributed by atoms with van der Waals surface area (Å²) in [5, 5.41) is 34.7. The first kappa shape index (κ1) is 32.3. The van der Waals surface area contributed by atoms with Crippen LogP contribution in [0.25, 0.3) is 11.6 Å². The maximum Gasteiger partial charge on any atom is 0.234 e. The van der Waals surface area contributed by atoms with Crippen molar-refractivity contribution in [1.29, 1.82) is 0 Å². The van der Waals surface area contributed by atoms with E-state index in [1.807, 2.05) is 47.9 Å². The number of rotatable bonds is 12. The topological polar surface area (TPSA) is 120 Å². The van der Waals surface area contributed by atoms with E-state index in [0.717, 1.165) is 33.7 Å². The fourth-order valence-electron chi connectivity index (χ4n) is 6.59. The minimum Gasteiger partial charge on any atom is -0.504 e.